The minimum Gasteiger partial charge on any atom is -0.482 e. The molecule has 2 aliphatic rings. The molecule has 0 aliphatic carbocycles. The zero-order valence-electron chi connectivity index (χ0n) is 21.2. The van der Waals surface area contributed by atoms with Crippen LogP contribution >= 0.6 is 11.6 Å². The number of fused-ring (bicyclic) bond motifs is 1. The molecule has 2 atom stereocenters. The number of hydrogen-bond donors (Lipinski definition) is 1. The monoisotopic (exact) mass is 513 g/mol. The number of imidazole rings is 2. The summed E-state index contributed by atoms with van der Waals surface area (Å²) in [5.74, 6) is 2.02. The highest BCUT2D eigenvalue weighted by atomic mass is 35.5. The second kappa shape index (κ2) is 9.63. The number of alkyl halides is 1. The molecule has 4 heterocycles. The summed E-state index contributed by atoms with van der Waals surface area (Å²) in [7, 11) is 5.36. The highest BCUT2D eigenvalue weighted by Gasteiger charge is 2.42. The molecule has 1 fully saturated rings. The Morgan fingerprint density at radius 1 is 1.06 bits per heavy atom. The minimum atomic E-state index is -1.53. The number of aromatic nitrogens is 4. The maximum absolute atomic E-state index is 12.5. The molecule has 2 aromatic heterocycles. The van der Waals surface area contributed by atoms with Gasteiger partial charge in [-0.25, -0.2) is 15.0 Å². The van der Waals surface area contributed by atoms with Gasteiger partial charge in [0, 0.05) is 27.3 Å². The van der Waals surface area contributed by atoms with Gasteiger partial charge >= 0.3 is 0 Å². The zero-order chi connectivity index (χ0) is 25.6. The van der Waals surface area contributed by atoms with Gasteiger partial charge in [-0.1, -0.05) is 6.07 Å². The third-order valence-corrected chi connectivity index (χ3v) is 7.84. The van der Waals surface area contributed by atoms with E-state index in [4.69, 9.17) is 30.8 Å². The lowest BCUT2D eigenvalue weighted by atomic mass is 9.85. The summed E-state index contributed by atoms with van der Waals surface area (Å²) in [5.41, 5.74) is 1.82. The van der Waals surface area contributed by atoms with E-state index in [0.29, 0.717) is 41.8 Å². The Morgan fingerprint density at radius 2 is 1.67 bits per heavy atom. The van der Waals surface area contributed by atoms with Gasteiger partial charge in [-0.2, -0.15) is 0 Å². The van der Waals surface area contributed by atoms with Crippen molar-refractivity contribution in [2.45, 2.75) is 49.9 Å². The maximum atomic E-state index is 12.5. The van der Waals surface area contributed by atoms with Gasteiger partial charge < -0.3 is 28.5 Å². The van der Waals surface area contributed by atoms with Gasteiger partial charge in [-0.15, -0.1) is 11.6 Å². The molecular formula is C26H32ClN5O4. The van der Waals surface area contributed by atoms with Gasteiger partial charge in [-0.3, -0.25) is 0 Å². The third kappa shape index (κ3) is 4.04. The molecule has 36 heavy (non-hydrogen) atoms. The lowest BCUT2D eigenvalue weighted by molar-refractivity contribution is -0.0538. The molecule has 3 aromatic rings. The number of hydrogen-bond acceptors (Lipinski definition) is 7. The Hall–Kier alpha value is -2.72. The number of nitrogens with zero attached hydrogens (tertiary/aromatic N) is 5. The number of benzene rings is 1. The molecule has 0 spiro atoms. The van der Waals surface area contributed by atoms with Crippen LogP contribution in [0.25, 0.3) is 0 Å². The van der Waals surface area contributed by atoms with E-state index in [2.05, 4.69) is 9.97 Å². The van der Waals surface area contributed by atoms with Crippen LogP contribution in [0.1, 0.15) is 52.4 Å². The molecule has 0 bridgehead atoms. The van der Waals surface area contributed by atoms with Crippen LogP contribution in [0.2, 0.25) is 0 Å². The molecule has 9 nitrogen and oxygen atoms in total. The van der Waals surface area contributed by atoms with Crippen molar-refractivity contribution in [3.05, 3.63) is 64.8 Å². The number of halogens is 1. The van der Waals surface area contributed by atoms with Crippen molar-refractivity contribution < 1.29 is 19.3 Å². The second-order valence-electron chi connectivity index (χ2n) is 9.41. The Kier molecular flexibility index (Phi) is 6.67. The van der Waals surface area contributed by atoms with Gasteiger partial charge in [0.2, 0.25) is 5.90 Å². The van der Waals surface area contributed by atoms with Crippen molar-refractivity contribution in [3.8, 4) is 0 Å². The quantitative estimate of drug-likeness (QED) is 0.524. The molecular weight excluding hydrogens is 482 g/mol. The van der Waals surface area contributed by atoms with E-state index in [1.165, 1.54) is 0 Å². The van der Waals surface area contributed by atoms with Crippen LogP contribution in [-0.2, 0) is 33.9 Å². The fourth-order valence-electron chi connectivity index (χ4n) is 4.98. The number of ether oxygens (including phenoxy) is 3. The number of methoxy groups -OCH3 is 1. The summed E-state index contributed by atoms with van der Waals surface area (Å²) >= 11 is 7.06. The second-order valence-corrected chi connectivity index (χ2v) is 9.88. The van der Waals surface area contributed by atoms with E-state index in [-0.39, 0.29) is 6.10 Å². The first-order valence-corrected chi connectivity index (χ1v) is 12.5. The van der Waals surface area contributed by atoms with Crippen LogP contribution in [0.3, 0.4) is 0 Å². The first kappa shape index (κ1) is 25.0. The number of aliphatic hydroxyl groups is 1. The van der Waals surface area contributed by atoms with Crippen molar-refractivity contribution in [1.29, 1.82) is 0 Å². The fraction of sp³-hybridized carbons (Fsp3) is 0.500. The predicted molar refractivity (Wildman–Crippen MR) is 136 cm³/mol. The van der Waals surface area contributed by atoms with Crippen LogP contribution < -0.4 is 0 Å². The van der Waals surface area contributed by atoms with Crippen molar-refractivity contribution >= 4 is 23.2 Å². The number of aliphatic imine (C=N–C) groups is 1. The molecule has 1 N–H and O–H groups in total. The molecule has 1 saturated heterocycles. The highest BCUT2D eigenvalue weighted by molar-refractivity contribution is 6.23. The van der Waals surface area contributed by atoms with Crippen molar-refractivity contribution in [2.75, 3.05) is 20.3 Å². The van der Waals surface area contributed by atoms with Crippen molar-refractivity contribution in [3.63, 3.8) is 0 Å². The zero-order valence-corrected chi connectivity index (χ0v) is 22.0. The van der Waals surface area contributed by atoms with Crippen molar-refractivity contribution in [2.24, 2.45) is 19.1 Å². The Labute approximate surface area is 215 Å². The van der Waals surface area contributed by atoms with Gasteiger partial charge in [0.05, 0.1) is 48.1 Å². The van der Waals surface area contributed by atoms with E-state index in [9.17, 15) is 5.11 Å². The van der Waals surface area contributed by atoms with Crippen LogP contribution in [0.15, 0.2) is 35.6 Å². The first-order chi connectivity index (χ1) is 17.3. The van der Waals surface area contributed by atoms with Gasteiger partial charge in [0.1, 0.15) is 11.6 Å². The molecule has 192 valence electrons. The normalized spacial score (nSPS) is 20.8. The average Bonchev–Trinajstić information content (AvgIpc) is 3.41. The summed E-state index contributed by atoms with van der Waals surface area (Å²) in [6.45, 7) is 5.12. The largest absolute Gasteiger partial charge is 0.482 e. The lowest BCUT2D eigenvalue weighted by Gasteiger charge is -2.34. The van der Waals surface area contributed by atoms with E-state index in [1.54, 1.807) is 19.5 Å². The van der Waals surface area contributed by atoms with Crippen LogP contribution in [0, 0.1) is 13.8 Å². The number of rotatable bonds is 5. The van der Waals surface area contributed by atoms with Crippen molar-refractivity contribution in [1.82, 2.24) is 19.1 Å². The van der Waals surface area contributed by atoms with E-state index >= 15 is 0 Å². The number of aryl methyl sites for hydroxylation is 2. The molecule has 0 amide bonds. The van der Waals surface area contributed by atoms with Gasteiger partial charge in [-0.05, 0) is 49.9 Å². The summed E-state index contributed by atoms with van der Waals surface area (Å²) in [6.07, 6.45) is 4.46. The van der Waals surface area contributed by atoms with Crippen LogP contribution in [0.5, 0.6) is 0 Å². The standard InChI is InChI=1S/C26H32ClN5O4/c1-15-28-13-21(31(15)3)26(33,22-14-29-16(2)32(22)4)17-6-7-20-19(12-17)23(27)24(25(30-20)34-5)36-18-8-10-35-11-9-18/h6-7,12-14,18,23-24,33H,8-11H2,1-5H3. The molecule has 10 heteroatoms. The summed E-state index contributed by atoms with van der Waals surface area (Å²) in [4.78, 5) is 13.6. The smallest absolute Gasteiger partial charge is 0.220 e. The predicted octanol–water partition coefficient (Wildman–Crippen LogP) is 3.59. The SMILES string of the molecule is COC1=Nc2ccc(C(O)(c3cnc(C)n3C)c3cnc(C)n3C)cc2C(Cl)C1OC1CCOCC1. The molecule has 5 rings (SSSR count). The molecule has 2 unspecified atom stereocenters. The van der Waals surface area contributed by atoms with E-state index in [1.807, 2.05) is 55.3 Å². The summed E-state index contributed by atoms with van der Waals surface area (Å²) in [6, 6.07) is 5.64. The molecule has 0 saturated carbocycles. The van der Waals surface area contributed by atoms with E-state index in [0.717, 1.165) is 30.1 Å². The summed E-state index contributed by atoms with van der Waals surface area (Å²) < 4.78 is 21.2. The molecule has 2 aliphatic heterocycles. The first-order valence-electron chi connectivity index (χ1n) is 12.1. The Balaban J connectivity index is 1.62. The third-order valence-electron chi connectivity index (χ3n) is 7.38. The fourth-order valence-corrected chi connectivity index (χ4v) is 5.33. The Morgan fingerprint density at radius 3 is 2.19 bits per heavy atom. The molecule has 0 radical (unpaired) electrons. The topological polar surface area (TPSA) is 95.9 Å². The maximum Gasteiger partial charge on any atom is 0.220 e. The average molecular weight is 514 g/mol. The molecule has 1 aromatic carbocycles. The lowest BCUT2D eigenvalue weighted by Crippen LogP contribution is -2.38. The van der Waals surface area contributed by atoms with Crippen LogP contribution in [0.4, 0.5) is 5.69 Å². The Bertz CT molecular complexity index is 1250. The highest BCUT2D eigenvalue weighted by Crippen LogP contribution is 2.44. The minimum absolute atomic E-state index is 0.0156. The van der Waals surface area contributed by atoms with E-state index < -0.39 is 17.1 Å². The summed E-state index contributed by atoms with van der Waals surface area (Å²) in [5, 5.41) is 11.9. The van der Waals surface area contributed by atoms with Gasteiger partial charge in [0.25, 0.3) is 0 Å². The van der Waals surface area contributed by atoms with Crippen LogP contribution in [-0.4, -0.2) is 62.6 Å². The van der Waals surface area contributed by atoms with Gasteiger partial charge in [0.15, 0.2) is 11.7 Å².